The first-order chi connectivity index (χ1) is 11.5. The first-order valence-electron chi connectivity index (χ1n) is 8.02. The molecule has 2 atom stereocenters. The lowest BCUT2D eigenvalue weighted by molar-refractivity contribution is -0.123. The molecule has 2 rings (SSSR count). The van der Waals surface area contributed by atoms with E-state index in [0.717, 1.165) is 25.7 Å². The summed E-state index contributed by atoms with van der Waals surface area (Å²) in [4.78, 5) is 35.2. The fourth-order valence-electron chi connectivity index (χ4n) is 2.75. The fraction of sp³-hybridized carbons (Fsp3) is 0.471. The van der Waals surface area contributed by atoms with Crippen LogP contribution >= 0.6 is 0 Å². The van der Waals surface area contributed by atoms with Crippen molar-refractivity contribution in [3.8, 4) is 5.75 Å². The molecule has 0 radical (unpaired) electrons. The molecule has 1 saturated carbocycles. The Morgan fingerprint density at radius 1 is 1.25 bits per heavy atom. The highest BCUT2D eigenvalue weighted by atomic mass is 16.5. The topological polar surface area (TPSA) is 105 Å². The number of nitrogens with one attached hydrogen (secondary N) is 2. The Hall–Kier alpha value is -2.57. The third kappa shape index (κ3) is 5.26. The molecule has 24 heavy (non-hydrogen) atoms. The van der Waals surface area contributed by atoms with Crippen LogP contribution in [0.25, 0.3) is 0 Å². The first kappa shape index (κ1) is 17.8. The van der Waals surface area contributed by atoms with Crippen molar-refractivity contribution >= 4 is 17.9 Å². The van der Waals surface area contributed by atoms with Crippen LogP contribution in [0.4, 0.5) is 4.79 Å². The molecule has 0 heterocycles. The van der Waals surface area contributed by atoms with Gasteiger partial charge in [-0.25, -0.2) is 9.59 Å². The van der Waals surface area contributed by atoms with Crippen molar-refractivity contribution in [3.05, 3.63) is 29.8 Å². The van der Waals surface area contributed by atoms with Gasteiger partial charge in [-0.3, -0.25) is 10.1 Å². The number of imide groups is 1. The molecule has 1 fully saturated rings. The van der Waals surface area contributed by atoms with Gasteiger partial charge in [-0.05, 0) is 37.0 Å². The molecular formula is C17H22N2O5. The van der Waals surface area contributed by atoms with Crippen molar-refractivity contribution in [1.29, 1.82) is 0 Å². The molecule has 0 bridgehead atoms. The number of amides is 3. The number of aromatic hydroxyl groups is 1. The van der Waals surface area contributed by atoms with E-state index in [-0.39, 0.29) is 17.4 Å². The number of esters is 1. The molecule has 1 aliphatic rings. The van der Waals surface area contributed by atoms with Gasteiger partial charge in [0, 0.05) is 6.04 Å². The molecule has 0 aromatic heterocycles. The highest BCUT2D eigenvalue weighted by Gasteiger charge is 2.23. The van der Waals surface area contributed by atoms with Crippen molar-refractivity contribution in [2.75, 3.05) is 6.61 Å². The van der Waals surface area contributed by atoms with Crippen molar-refractivity contribution < 1.29 is 24.2 Å². The smallest absolute Gasteiger partial charge is 0.338 e. The average Bonchev–Trinajstić information content (AvgIpc) is 2.54. The Kier molecular flexibility index (Phi) is 6.17. The van der Waals surface area contributed by atoms with Crippen LogP contribution in [0.3, 0.4) is 0 Å². The highest BCUT2D eigenvalue weighted by molar-refractivity contribution is 5.97. The van der Waals surface area contributed by atoms with Crippen LogP contribution in [-0.4, -0.2) is 35.7 Å². The second-order valence-corrected chi connectivity index (χ2v) is 6.02. The number of hydrogen-bond acceptors (Lipinski definition) is 5. The standard InChI is InChI=1S/C17H22N2O5/c1-11-5-2-3-8-14(11)18-17(23)19-15(21)10-24-16(22)12-6-4-7-13(20)9-12/h4,6-7,9,11,14,20H,2-3,5,8,10H2,1H3,(H2,18,19,21,23)/t11-,14-/m0/s1. The molecule has 0 aliphatic heterocycles. The minimum Gasteiger partial charge on any atom is -0.508 e. The zero-order valence-electron chi connectivity index (χ0n) is 13.6. The Labute approximate surface area is 140 Å². The number of carbonyl (C=O) groups excluding carboxylic acids is 3. The minimum atomic E-state index is -0.748. The summed E-state index contributed by atoms with van der Waals surface area (Å²) in [6.07, 6.45) is 4.17. The normalized spacial score (nSPS) is 20.0. The fourth-order valence-corrected chi connectivity index (χ4v) is 2.75. The molecule has 0 unspecified atom stereocenters. The van der Waals surface area contributed by atoms with Crippen LogP contribution < -0.4 is 10.6 Å². The van der Waals surface area contributed by atoms with Crippen LogP contribution in [0.15, 0.2) is 24.3 Å². The Morgan fingerprint density at radius 2 is 2.00 bits per heavy atom. The summed E-state index contributed by atoms with van der Waals surface area (Å²) in [7, 11) is 0. The number of carbonyl (C=O) groups is 3. The first-order valence-corrected chi connectivity index (χ1v) is 8.02. The lowest BCUT2D eigenvalue weighted by atomic mass is 9.86. The zero-order chi connectivity index (χ0) is 17.5. The molecule has 0 spiro atoms. The molecule has 130 valence electrons. The Morgan fingerprint density at radius 3 is 2.71 bits per heavy atom. The summed E-state index contributed by atoms with van der Waals surface area (Å²) in [5.41, 5.74) is 0.128. The van der Waals surface area contributed by atoms with E-state index in [9.17, 15) is 19.5 Å². The molecule has 7 nitrogen and oxygen atoms in total. The number of phenols is 1. The third-order valence-corrected chi connectivity index (χ3v) is 4.10. The van der Waals surface area contributed by atoms with E-state index in [1.165, 1.54) is 24.3 Å². The van der Waals surface area contributed by atoms with Gasteiger partial charge in [-0.2, -0.15) is 0 Å². The molecule has 1 aliphatic carbocycles. The van der Waals surface area contributed by atoms with Gasteiger partial charge in [0.15, 0.2) is 6.61 Å². The number of phenolic OH excluding ortho intramolecular Hbond substituents is 1. The van der Waals surface area contributed by atoms with Gasteiger partial charge in [0.1, 0.15) is 5.75 Å². The van der Waals surface area contributed by atoms with Crippen LogP contribution in [0.2, 0.25) is 0 Å². The Bertz CT molecular complexity index is 617. The maximum absolute atomic E-state index is 11.8. The van der Waals surface area contributed by atoms with Crippen LogP contribution in [-0.2, 0) is 9.53 Å². The molecule has 1 aromatic rings. The van der Waals surface area contributed by atoms with Crippen LogP contribution in [0.5, 0.6) is 5.75 Å². The molecular weight excluding hydrogens is 312 g/mol. The van der Waals surface area contributed by atoms with Gasteiger partial charge < -0.3 is 15.2 Å². The minimum absolute atomic E-state index is 0.0568. The lowest BCUT2D eigenvalue weighted by Crippen LogP contribution is -2.48. The molecule has 7 heteroatoms. The summed E-state index contributed by atoms with van der Waals surface area (Å²) in [6, 6.07) is 5.08. The van der Waals surface area contributed by atoms with Crippen molar-refractivity contribution in [3.63, 3.8) is 0 Å². The van der Waals surface area contributed by atoms with Gasteiger partial charge in [0.25, 0.3) is 5.91 Å². The highest BCUT2D eigenvalue weighted by Crippen LogP contribution is 2.23. The zero-order valence-corrected chi connectivity index (χ0v) is 13.6. The van der Waals surface area contributed by atoms with Crippen LogP contribution in [0, 0.1) is 5.92 Å². The number of urea groups is 1. The van der Waals surface area contributed by atoms with Crippen molar-refractivity contribution in [2.24, 2.45) is 5.92 Å². The second kappa shape index (κ2) is 8.33. The van der Waals surface area contributed by atoms with E-state index in [2.05, 4.69) is 17.6 Å². The maximum Gasteiger partial charge on any atom is 0.338 e. The molecule has 3 N–H and O–H groups in total. The van der Waals surface area contributed by atoms with Crippen molar-refractivity contribution in [2.45, 2.75) is 38.6 Å². The number of rotatable bonds is 4. The van der Waals surface area contributed by atoms with Gasteiger partial charge in [-0.1, -0.05) is 25.8 Å². The predicted octanol–water partition coefficient (Wildman–Crippen LogP) is 1.95. The number of ether oxygens (including phenoxy) is 1. The lowest BCUT2D eigenvalue weighted by Gasteiger charge is -2.29. The van der Waals surface area contributed by atoms with E-state index < -0.39 is 24.5 Å². The summed E-state index contributed by atoms with van der Waals surface area (Å²) in [5.74, 6) is -1.15. The van der Waals surface area contributed by atoms with Crippen molar-refractivity contribution in [1.82, 2.24) is 10.6 Å². The number of hydrogen-bond donors (Lipinski definition) is 3. The maximum atomic E-state index is 11.8. The predicted molar refractivity (Wildman–Crippen MR) is 86.5 cm³/mol. The summed E-state index contributed by atoms with van der Waals surface area (Å²) in [5, 5.41) is 14.2. The monoisotopic (exact) mass is 334 g/mol. The van der Waals surface area contributed by atoms with Gasteiger partial charge in [-0.15, -0.1) is 0 Å². The van der Waals surface area contributed by atoms with Gasteiger partial charge in [0.05, 0.1) is 5.56 Å². The molecule has 0 saturated heterocycles. The Balaban J connectivity index is 1.74. The van der Waals surface area contributed by atoms with E-state index in [4.69, 9.17) is 4.74 Å². The van der Waals surface area contributed by atoms with Gasteiger partial charge in [0.2, 0.25) is 0 Å². The summed E-state index contributed by atoms with van der Waals surface area (Å²) in [6.45, 7) is 1.51. The van der Waals surface area contributed by atoms with E-state index in [0.29, 0.717) is 5.92 Å². The largest absolute Gasteiger partial charge is 0.508 e. The second-order valence-electron chi connectivity index (χ2n) is 6.02. The average molecular weight is 334 g/mol. The SMILES string of the molecule is C[C@H]1CCCC[C@@H]1NC(=O)NC(=O)COC(=O)c1cccc(O)c1. The van der Waals surface area contributed by atoms with E-state index in [1.54, 1.807) is 0 Å². The number of benzene rings is 1. The van der Waals surface area contributed by atoms with E-state index in [1.807, 2.05) is 0 Å². The quantitative estimate of drug-likeness (QED) is 0.730. The molecule has 3 amide bonds. The van der Waals surface area contributed by atoms with E-state index >= 15 is 0 Å². The van der Waals surface area contributed by atoms with Gasteiger partial charge >= 0.3 is 12.0 Å². The summed E-state index contributed by atoms with van der Waals surface area (Å²) < 4.78 is 4.81. The van der Waals surface area contributed by atoms with Crippen LogP contribution in [0.1, 0.15) is 43.0 Å². The third-order valence-electron chi connectivity index (χ3n) is 4.10. The summed E-state index contributed by atoms with van der Waals surface area (Å²) >= 11 is 0. The molecule has 1 aromatic carbocycles.